The fraction of sp³-hybridized carbons (Fsp3) is 0.370. The summed E-state index contributed by atoms with van der Waals surface area (Å²) in [4.78, 5) is 42.4. The average Bonchev–Trinajstić information content (AvgIpc) is 3.62. The molecule has 3 amide bonds. The number of hydrogen-bond donors (Lipinski definition) is 1. The number of amides is 3. The molecule has 1 aliphatic heterocycles. The summed E-state index contributed by atoms with van der Waals surface area (Å²) in [6, 6.07) is 12.2. The molecule has 34 heavy (non-hydrogen) atoms. The molecule has 2 aromatic rings. The minimum atomic E-state index is -0.925. The maximum atomic E-state index is 13.7. The number of carbonyl (C=O) groups excluding carboxylic acids is 3. The molecule has 7 rings (SSSR count). The molecule has 5 nitrogen and oxygen atoms in total. The molecule has 4 aliphatic carbocycles. The molecule has 1 N–H and O–H groups in total. The van der Waals surface area contributed by atoms with Gasteiger partial charge in [-0.1, -0.05) is 54.1 Å². The summed E-state index contributed by atoms with van der Waals surface area (Å²) >= 11 is 9.77. The third kappa shape index (κ3) is 3.29. The second-order valence-corrected chi connectivity index (χ2v) is 11.2. The van der Waals surface area contributed by atoms with E-state index in [-0.39, 0.29) is 47.8 Å². The van der Waals surface area contributed by atoms with Gasteiger partial charge in [-0.15, -0.1) is 0 Å². The molecule has 1 heterocycles. The highest BCUT2D eigenvalue weighted by Crippen LogP contribution is 2.65. The van der Waals surface area contributed by atoms with Gasteiger partial charge >= 0.3 is 0 Å². The summed E-state index contributed by atoms with van der Waals surface area (Å²) in [5.74, 6) is -0.158. The lowest BCUT2D eigenvalue weighted by Crippen LogP contribution is -2.49. The van der Waals surface area contributed by atoms with Gasteiger partial charge in [-0.2, -0.15) is 0 Å². The number of allylic oxidation sites excluding steroid dienone is 2. The van der Waals surface area contributed by atoms with E-state index >= 15 is 0 Å². The van der Waals surface area contributed by atoms with Crippen LogP contribution in [-0.2, 0) is 20.8 Å². The summed E-state index contributed by atoms with van der Waals surface area (Å²) < 4.78 is 0.737. The van der Waals surface area contributed by atoms with Crippen LogP contribution in [0.15, 0.2) is 59.1 Å². The van der Waals surface area contributed by atoms with Crippen LogP contribution in [0.25, 0.3) is 0 Å². The van der Waals surface area contributed by atoms with Gasteiger partial charge in [-0.3, -0.25) is 19.3 Å². The summed E-state index contributed by atoms with van der Waals surface area (Å²) in [7, 11) is 0. The maximum absolute atomic E-state index is 13.7. The highest BCUT2D eigenvalue weighted by molar-refractivity contribution is 9.10. The van der Waals surface area contributed by atoms with Crippen molar-refractivity contribution in [2.45, 2.75) is 25.8 Å². The van der Waals surface area contributed by atoms with Crippen LogP contribution in [0.2, 0.25) is 5.02 Å². The first kappa shape index (κ1) is 22.1. The highest BCUT2D eigenvalue weighted by atomic mass is 79.9. The normalized spacial score (nSPS) is 31.3. The summed E-state index contributed by atoms with van der Waals surface area (Å²) in [5.41, 5.74) is 2.18. The van der Waals surface area contributed by atoms with Gasteiger partial charge in [0.2, 0.25) is 17.7 Å². The molecule has 5 aliphatic rings. The quantitative estimate of drug-likeness (QED) is 0.429. The Morgan fingerprint density at radius 1 is 1.06 bits per heavy atom. The van der Waals surface area contributed by atoms with Crippen LogP contribution in [0.4, 0.5) is 5.69 Å². The van der Waals surface area contributed by atoms with Gasteiger partial charge in [0.1, 0.15) is 6.04 Å². The van der Waals surface area contributed by atoms with Crippen molar-refractivity contribution in [1.82, 2.24) is 4.90 Å². The summed E-state index contributed by atoms with van der Waals surface area (Å²) in [5, 5.41) is 3.46. The first-order valence-corrected chi connectivity index (χ1v) is 12.9. The van der Waals surface area contributed by atoms with Crippen LogP contribution in [-0.4, -0.2) is 28.7 Å². The summed E-state index contributed by atoms with van der Waals surface area (Å²) in [6.07, 6.45) is 5.66. The van der Waals surface area contributed by atoms with Crippen molar-refractivity contribution in [2.24, 2.45) is 35.5 Å². The lowest BCUT2D eigenvalue weighted by atomic mass is 9.63. The van der Waals surface area contributed by atoms with Crippen molar-refractivity contribution >= 4 is 50.9 Å². The van der Waals surface area contributed by atoms with E-state index in [1.54, 1.807) is 12.1 Å². The van der Waals surface area contributed by atoms with Crippen molar-refractivity contribution in [3.8, 4) is 0 Å². The van der Waals surface area contributed by atoms with Gasteiger partial charge in [0.05, 0.1) is 16.9 Å². The lowest BCUT2D eigenvalue weighted by molar-refractivity contribution is -0.146. The number of anilines is 1. The first-order valence-electron chi connectivity index (χ1n) is 11.7. The molecule has 3 fully saturated rings. The molecule has 7 heteroatoms. The van der Waals surface area contributed by atoms with Gasteiger partial charge in [-0.25, -0.2) is 0 Å². The standard InChI is InChI=1S/C27H24BrClN2O3/c1-13-20(10-9-19(28)24(13)29)30-25(32)21(11-14-5-3-2-4-6-14)31-26(33)22-15-7-8-16(18-12-17(15)18)23(22)27(31)34/h2-10,15-18,21-23H,11-12H2,1H3,(H,30,32)/t15-,16+,17+,18-,21-,22-,23+/m0/s1. The topological polar surface area (TPSA) is 66.5 Å². The number of likely N-dealkylation sites (tertiary alicyclic amines) is 1. The van der Waals surface area contributed by atoms with E-state index in [0.717, 1.165) is 22.0 Å². The number of hydrogen-bond acceptors (Lipinski definition) is 3. The second-order valence-electron chi connectivity index (χ2n) is 9.93. The molecule has 2 bridgehead atoms. The van der Waals surface area contributed by atoms with Crippen LogP contribution in [0.1, 0.15) is 17.5 Å². The van der Waals surface area contributed by atoms with Gasteiger partial charge in [0, 0.05) is 16.6 Å². The monoisotopic (exact) mass is 538 g/mol. The molecular weight excluding hydrogens is 516 g/mol. The molecule has 1 saturated heterocycles. The zero-order chi connectivity index (χ0) is 23.7. The van der Waals surface area contributed by atoms with Crippen molar-refractivity contribution < 1.29 is 14.4 Å². The minimum Gasteiger partial charge on any atom is -0.324 e. The van der Waals surface area contributed by atoms with Crippen LogP contribution in [0.3, 0.4) is 0 Å². The molecule has 0 aromatic heterocycles. The smallest absolute Gasteiger partial charge is 0.248 e. The SMILES string of the molecule is Cc1c(NC(=O)[C@H](Cc2ccccc2)N2C(=O)[C@@H]3[C@@H]4C=C[C@@H]([C@H]5C[C@@H]45)[C@@H]3C2=O)ccc(Br)c1Cl. The largest absolute Gasteiger partial charge is 0.324 e. The number of halogens is 2. The van der Waals surface area contributed by atoms with E-state index in [1.165, 1.54) is 4.90 Å². The Balaban J connectivity index is 1.34. The van der Waals surface area contributed by atoms with Crippen LogP contribution >= 0.6 is 27.5 Å². The molecule has 0 unspecified atom stereocenters. The molecule has 2 aromatic carbocycles. The predicted octanol–water partition coefficient (Wildman–Crippen LogP) is 5.01. The summed E-state index contributed by atoms with van der Waals surface area (Å²) in [6.45, 7) is 1.82. The Bertz CT molecular complexity index is 1210. The third-order valence-corrected chi connectivity index (χ3v) is 9.56. The number of benzene rings is 2. The zero-order valence-electron chi connectivity index (χ0n) is 18.6. The van der Waals surface area contributed by atoms with E-state index in [1.807, 2.05) is 37.3 Å². The number of imide groups is 1. The predicted molar refractivity (Wildman–Crippen MR) is 133 cm³/mol. The van der Waals surface area contributed by atoms with E-state index in [4.69, 9.17) is 11.6 Å². The Morgan fingerprint density at radius 3 is 2.29 bits per heavy atom. The number of nitrogens with zero attached hydrogens (tertiary/aromatic N) is 1. The molecule has 7 atom stereocenters. The zero-order valence-corrected chi connectivity index (χ0v) is 20.9. The molecule has 0 spiro atoms. The molecule has 2 saturated carbocycles. The fourth-order valence-electron chi connectivity index (χ4n) is 6.43. The van der Waals surface area contributed by atoms with Crippen molar-refractivity contribution in [1.29, 1.82) is 0 Å². The maximum Gasteiger partial charge on any atom is 0.248 e. The average molecular weight is 540 g/mol. The third-order valence-electron chi connectivity index (χ3n) is 8.18. The van der Waals surface area contributed by atoms with Gasteiger partial charge in [0.15, 0.2) is 0 Å². The van der Waals surface area contributed by atoms with E-state index in [0.29, 0.717) is 22.5 Å². The van der Waals surface area contributed by atoms with Crippen molar-refractivity contribution in [3.63, 3.8) is 0 Å². The van der Waals surface area contributed by atoms with Crippen molar-refractivity contribution in [3.05, 3.63) is 75.2 Å². The van der Waals surface area contributed by atoms with Crippen LogP contribution < -0.4 is 5.32 Å². The van der Waals surface area contributed by atoms with E-state index < -0.39 is 6.04 Å². The van der Waals surface area contributed by atoms with E-state index in [9.17, 15) is 14.4 Å². The van der Waals surface area contributed by atoms with Gasteiger partial charge < -0.3 is 5.32 Å². The lowest BCUT2D eigenvalue weighted by Gasteiger charge is -2.37. The highest BCUT2D eigenvalue weighted by Gasteiger charge is 2.67. The second kappa shape index (κ2) is 8.06. The van der Waals surface area contributed by atoms with Gasteiger partial charge in [-0.05, 0) is 76.2 Å². The molecular formula is C27H24BrClN2O3. The van der Waals surface area contributed by atoms with Crippen molar-refractivity contribution in [2.75, 3.05) is 5.32 Å². The van der Waals surface area contributed by atoms with Crippen LogP contribution in [0.5, 0.6) is 0 Å². The number of rotatable bonds is 5. The fourth-order valence-corrected chi connectivity index (χ4v) is 7.02. The molecule has 0 radical (unpaired) electrons. The Labute approximate surface area is 211 Å². The Morgan fingerprint density at radius 2 is 1.68 bits per heavy atom. The first-order chi connectivity index (χ1) is 16.4. The Hall–Kier alpha value is -2.44. The Kier molecular flexibility index (Phi) is 5.23. The number of carbonyl (C=O) groups is 3. The van der Waals surface area contributed by atoms with Crippen LogP contribution in [0, 0.1) is 42.4 Å². The number of nitrogens with one attached hydrogen (secondary N) is 1. The van der Waals surface area contributed by atoms with Gasteiger partial charge in [0.25, 0.3) is 0 Å². The molecule has 174 valence electrons. The minimum absolute atomic E-state index is 0.120. The van der Waals surface area contributed by atoms with E-state index in [2.05, 4.69) is 33.4 Å².